The molecule has 0 saturated heterocycles. The van der Waals surface area contributed by atoms with Gasteiger partial charge in [-0.2, -0.15) is 4.21 Å². The average molecular weight is 110 g/mol. The van der Waals surface area contributed by atoms with Crippen molar-refractivity contribution in [1.29, 1.82) is 0 Å². The molecule has 0 fully saturated rings. The van der Waals surface area contributed by atoms with E-state index in [-0.39, 0.29) is 6.47 Å². The van der Waals surface area contributed by atoms with E-state index in [1.54, 1.807) is 0 Å². The van der Waals surface area contributed by atoms with Crippen molar-refractivity contribution < 1.29 is 17.7 Å². The number of hydrogen-bond acceptors (Lipinski definition) is 3. The fourth-order valence-corrected chi connectivity index (χ4v) is 0.101. The van der Waals surface area contributed by atoms with Crippen LogP contribution in [0.2, 0.25) is 0 Å². The molecular weight excluding hydrogens is 108 g/mol. The minimum Gasteiger partial charge on any atom is -0.346 e. The van der Waals surface area contributed by atoms with Crippen LogP contribution in [0.1, 0.15) is 0 Å². The van der Waals surface area contributed by atoms with Crippen LogP contribution in [0.15, 0.2) is 0 Å². The van der Waals surface area contributed by atoms with Crippen LogP contribution in [0.3, 0.4) is 0 Å². The van der Waals surface area contributed by atoms with Gasteiger partial charge in [-0.1, -0.05) is 0 Å². The summed E-state index contributed by atoms with van der Waals surface area (Å²) in [5.74, 6) is 0. The van der Waals surface area contributed by atoms with Gasteiger partial charge in [-0.3, -0.25) is 9.35 Å². The first-order valence-corrected chi connectivity index (χ1v) is 2.02. The molecule has 1 N–H and O–H groups in total. The predicted molar refractivity (Wildman–Crippen MR) is 17.9 cm³/mol. The molecule has 5 heteroatoms. The highest BCUT2D eigenvalue weighted by atomic mass is 32.2. The van der Waals surface area contributed by atoms with E-state index in [0.717, 1.165) is 0 Å². The van der Waals surface area contributed by atoms with Crippen LogP contribution in [0, 0.1) is 0 Å². The lowest BCUT2D eigenvalue weighted by Gasteiger charge is -1.78. The summed E-state index contributed by atoms with van der Waals surface area (Å²) in [5, 5.41) is 0. The molecule has 6 heavy (non-hydrogen) atoms. The minimum absolute atomic E-state index is 0.101. The van der Waals surface area contributed by atoms with Gasteiger partial charge in [-0.15, -0.1) is 0 Å². The Kier molecular flexibility index (Phi) is 2.60. The first kappa shape index (κ1) is 5.58. The zero-order chi connectivity index (χ0) is 4.99. The summed E-state index contributed by atoms with van der Waals surface area (Å²) in [4.78, 5) is 9.04. The zero-order valence-corrected chi connectivity index (χ0v) is 3.47. The predicted octanol–water partition coefficient (Wildman–Crippen LogP) is -0.704. The molecule has 0 amide bonds. The second-order valence-corrected chi connectivity index (χ2v) is 1.04. The highest BCUT2D eigenvalue weighted by molar-refractivity contribution is 7.74. The van der Waals surface area contributed by atoms with E-state index in [4.69, 9.17) is 9.35 Å². The minimum atomic E-state index is -2.43. The highest BCUT2D eigenvalue weighted by Gasteiger charge is 1.82. The second-order valence-electron chi connectivity index (χ2n) is 0.410. The second kappa shape index (κ2) is 2.80. The van der Waals surface area contributed by atoms with Crippen LogP contribution in [0.4, 0.5) is 0 Å². The molecule has 0 rings (SSSR count). The van der Waals surface area contributed by atoms with Crippen molar-refractivity contribution in [2.45, 2.75) is 0 Å². The molecule has 0 radical (unpaired) electrons. The zero-order valence-electron chi connectivity index (χ0n) is 2.66. The Labute approximate surface area is 36.6 Å². The summed E-state index contributed by atoms with van der Waals surface area (Å²) < 4.78 is 20.2. The molecule has 0 aliphatic carbocycles. The van der Waals surface area contributed by atoms with Gasteiger partial charge in [0, 0.05) is 0 Å². The van der Waals surface area contributed by atoms with Crippen molar-refractivity contribution in [1.82, 2.24) is 0 Å². The summed E-state index contributed by atoms with van der Waals surface area (Å²) in [6.45, 7) is -0.101. The van der Waals surface area contributed by atoms with Crippen LogP contribution in [0.25, 0.3) is 0 Å². The Morgan fingerprint density at radius 1 is 1.83 bits per heavy atom. The molecular formula is CH2O4S. The third-order valence-corrected chi connectivity index (χ3v) is 0.365. The monoisotopic (exact) mass is 110 g/mol. The van der Waals surface area contributed by atoms with Gasteiger partial charge in [0.15, 0.2) is 0 Å². The topological polar surface area (TPSA) is 63.6 Å². The molecule has 0 heterocycles. The lowest BCUT2D eigenvalue weighted by Crippen LogP contribution is -1.89. The summed E-state index contributed by atoms with van der Waals surface area (Å²) in [6.07, 6.45) is 0. The van der Waals surface area contributed by atoms with Crippen LogP contribution in [0.5, 0.6) is 0 Å². The van der Waals surface area contributed by atoms with Gasteiger partial charge >= 0.3 is 17.8 Å². The highest BCUT2D eigenvalue weighted by Crippen LogP contribution is 1.66. The van der Waals surface area contributed by atoms with Crippen molar-refractivity contribution >= 4 is 17.8 Å². The number of rotatable bonds is 2. The van der Waals surface area contributed by atoms with E-state index in [9.17, 15) is 4.21 Å². The molecule has 0 bridgehead atoms. The summed E-state index contributed by atoms with van der Waals surface area (Å²) in [5.41, 5.74) is 0. The van der Waals surface area contributed by atoms with Gasteiger partial charge in [0.05, 0.1) is 0 Å². The summed E-state index contributed by atoms with van der Waals surface area (Å²) >= 11 is -2.43. The van der Waals surface area contributed by atoms with Crippen LogP contribution in [-0.4, -0.2) is 15.2 Å². The van der Waals surface area contributed by atoms with E-state index in [2.05, 4.69) is 4.18 Å². The Balaban J connectivity index is 3.05. The van der Waals surface area contributed by atoms with Gasteiger partial charge in [-0.25, -0.2) is 0 Å². The molecule has 4 nitrogen and oxygen atoms in total. The fourth-order valence-electron chi connectivity index (χ4n) is 0.0336. The molecule has 0 aromatic rings. The number of carbonyl (C=O) groups excluding carboxylic acids is 1. The lowest BCUT2D eigenvalue weighted by molar-refractivity contribution is -0.120. The van der Waals surface area contributed by atoms with E-state index >= 15 is 0 Å². The van der Waals surface area contributed by atoms with Gasteiger partial charge < -0.3 is 4.18 Å². The third kappa shape index (κ3) is 3.58. The van der Waals surface area contributed by atoms with Crippen LogP contribution < -0.4 is 0 Å². The first-order valence-electron chi connectivity index (χ1n) is 0.987. The normalized spacial score (nSPS) is 12.8. The molecule has 36 valence electrons. The third-order valence-electron chi connectivity index (χ3n) is 0.122. The maximum Gasteiger partial charge on any atom is 0.359 e. The first-order chi connectivity index (χ1) is 2.77. The Morgan fingerprint density at radius 3 is 2.33 bits per heavy atom. The van der Waals surface area contributed by atoms with E-state index < -0.39 is 11.4 Å². The van der Waals surface area contributed by atoms with E-state index in [0.29, 0.717) is 0 Å². The van der Waals surface area contributed by atoms with E-state index in [1.165, 1.54) is 0 Å². The Bertz CT molecular complexity index is 67.9. The van der Waals surface area contributed by atoms with Crippen molar-refractivity contribution in [3.05, 3.63) is 0 Å². The van der Waals surface area contributed by atoms with Crippen molar-refractivity contribution in [2.24, 2.45) is 0 Å². The van der Waals surface area contributed by atoms with Crippen LogP contribution in [-0.2, 0) is 20.3 Å². The molecule has 0 aliphatic heterocycles. The lowest BCUT2D eigenvalue weighted by atomic mass is 11.7. The SMILES string of the molecule is O=COS(=O)O. The molecule has 0 saturated carbocycles. The molecule has 0 aromatic carbocycles. The average Bonchev–Trinajstić information content (AvgIpc) is 1.35. The van der Waals surface area contributed by atoms with Gasteiger partial charge in [0.2, 0.25) is 0 Å². The molecule has 1 atom stereocenters. The van der Waals surface area contributed by atoms with Crippen LogP contribution >= 0.6 is 0 Å². The molecule has 1 unspecified atom stereocenters. The van der Waals surface area contributed by atoms with E-state index in [1.807, 2.05) is 0 Å². The Morgan fingerprint density at radius 2 is 2.33 bits per heavy atom. The van der Waals surface area contributed by atoms with Crippen molar-refractivity contribution in [3.63, 3.8) is 0 Å². The summed E-state index contributed by atoms with van der Waals surface area (Å²) in [6, 6.07) is 0. The quantitative estimate of drug-likeness (QED) is 0.377. The fraction of sp³-hybridized carbons (Fsp3) is 0. The largest absolute Gasteiger partial charge is 0.359 e. The van der Waals surface area contributed by atoms with Crippen molar-refractivity contribution in [3.8, 4) is 0 Å². The smallest absolute Gasteiger partial charge is 0.346 e. The molecule has 0 spiro atoms. The number of hydrogen-bond donors (Lipinski definition) is 1. The summed E-state index contributed by atoms with van der Waals surface area (Å²) in [7, 11) is 0. The Hall–Kier alpha value is -0.420. The number of carbonyl (C=O) groups is 1. The molecule has 0 aliphatic rings. The maximum atomic E-state index is 9.26. The van der Waals surface area contributed by atoms with Gasteiger partial charge in [0.25, 0.3) is 0 Å². The maximum absolute atomic E-state index is 9.26. The van der Waals surface area contributed by atoms with Gasteiger partial charge in [-0.05, 0) is 0 Å². The van der Waals surface area contributed by atoms with Crippen molar-refractivity contribution in [2.75, 3.05) is 0 Å². The standard InChI is InChI=1S/CH2O4S/c2-1-5-6(3)4/h1H,(H,3,4). The molecule has 0 aromatic heterocycles. The van der Waals surface area contributed by atoms with Gasteiger partial charge in [0.1, 0.15) is 0 Å².